The molecule has 0 fully saturated rings. The Balaban J connectivity index is -0.00000000500. The zero-order chi connectivity index (χ0) is 2.00. The third kappa shape index (κ3) is 9.51. The Kier molecular flexibility index (Phi) is 102. The average Bonchev–Trinajstić information content (AvgIpc) is 1.00. The maximum atomic E-state index is 3.77. The van der Waals surface area contributed by atoms with Crippen molar-refractivity contribution < 1.29 is 31.2 Å². The minimum atomic E-state index is 0. The van der Waals surface area contributed by atoms with Crippen LogP contribution >= 0.6 is 24.1 Å². The third-order valence-electron chi connectivity index (χ3n) is 0. The molecule has 0 aliphatic heterocycles. The van der Waals surface area contributed by atoms with Crippen LogP contribution in [0.1, 0.15) is 0 Å². The summed E-state index contributed by atoms with van der Waals surface area (Å²) in [5.41, 5.74) is 0. The molecule has 0 aromatic heterocycles. The topological polar surface area (TPSA) is 0 Å². The quantitative estimate of drug-likeness (QED) is 0.514. The summed E-state index contributed by atoms with van der Waals surface area (Å²) in [6, 6.07) is 0. The molecule has 0 rings (SSSR count). The van der Waals surface area contributed by atoms with Gasteiger partial charge in [-0.05, 0) is 0 Å². The first-order valence-corrected chi connectivity index (χ1v) is 1.68. The molecular weight excluding hydrogens is 187 g/mol. The first kappa shape index (κ1) is 17.5. The predicted molar refractivity (Wildman–Crippen MR) is 15.2 cm³/mol. The van der Waals surface area contributed by atoms with Gasteiger partial charge in [-0.25, -0.2) is 0 Å². The van der Waals surface area contributed by atoms with E-state index in [-0.39, 0.29) is 30.6 Å². The minimum absolute atomic E-state index is 0. The van der Waals surface area contributed by atoms with Crippen molar-refractivity contribution in [2.24, 2.45) is 0 Å². The van der Waals surface area contributed by atoms with Gasteiger partial charge in [0.15, 0.2) is 0 Å². The molecule has 0 saturated heterocycles. The van der Waals surface area contributed by atoms with Crippen LogP contribution in [0, 0.1) is 0 Å². The van der Waals surface area contributed by atoms with Gasteiger partial charge in [-0.1, -0.05) is 0 Å². The summed E-state index contributed by atoms with van der Waals surface area (Å²) < 4.78 is 0. The van der Waals surface area contributed by atoms with Crippen molar-refractivity contribution in [2.75, 3.05) is 0 Å². The molecule has 0 aromatic rings. The monoisotopic (exact) mass is 186 g/mol. The summed E-state index contributed by atoms with van der Waals surface area (Å²) in [5, 5.41) is 0. The summed E-state index contributed by atoms with van der Waals surface area (Å²) in [4.78, 5) is 0. The second kappa shape index (κ2) is 23.3. The van der Waals surface area contributed by atoms with Gasteiger partial charge in [0.25, 0.3) is 0 Å². The van der Waals surface area contributed by atoms with Crippen LogP contribution in [0.3, 0.4) is 0 Å². The fourth-order valence-electron chi connectivity index (χ4n) is 0. The van der Waals surface area contributed by atoms with E-state index in [1.807, 2.05) is 0 Å². The van der Waals surface area contributed by atoms with Gasteiger partial charge >= 0.3 is 24.7 Å². The van der Waals surface area contributed by atoms with Crippen LogP contribution in [-0.4, -0.2) is 0 Å². The van der Waals surface area contributed by atoms with Crippen molar-refractivity contribution in [3.63, 3.8) is 0 Å². The molecule has 3 radical (unpaired) electrons. The van der Waals surface area contributed by atoms with E-state index >= 15 is 0 Å². The number of hydrogen-bond acceptors (Lipinski definition) is 1. The van der Waals surface area contributed by atoms with Gasteiger partial charge in [0, 0.05) is 30.6 Å². The van der Waals surface area contributed by atoms with Gasteiger partial charge in [-0.15, -0.1) is 0 Å². The Morgan fingerprint density at radius 3 is 1.25 bits per heavy atom. The van der Waals surface area contributed by atoms with Crippen LogP contribution in [0.15, 0.2) is 0 Å². The molecule has 32 valence electrons. The van der Waals surface area contributed by atoms with Crippen molar-refractivity contribution in [1.29, 1.82) is 0 Å². The molecule has 0 aliphatic carbocycles. The van der Waals surface area contributed by atoms with E-state index in [4.69, 9.17) is 0 Å². The third-order valence-corrected chi connectivity index (χ3v) is 0. The standard InChI is InChI=1S/Co.Cu.2S. The van der Waals surface area contributed by atoms with Crippen molar-refractivity contribution in [3.05, 3.63) is 0 Å². The maximum absolute atomic E-state index is 3.77. The number of hydrogen-bond donors (Lipinski definition) is 0. The van der Waals surface area contributed by atoms with Gasteiger partial charge in [-0.3, -0.25) is 0 Å². The Morgan fingerprint density at radius 2 is 1.25 bits per heavy atom. The van der Waals surface area contributed by atoms with Gasteiger partial charge in [0.1, 0.15) is 0 Å². The van der Waals surface area contributed by atoms with Gasteiger partial charge in [0.2, 0.25) is 0 Å². The SMILES string of the molecule is [Cu].[S].[S]=[Co]. The Bertz CT molecular complexity index is 6.00. The molecule has 4 heavy (non-hydrogen) atoms. The van der Waals surface area contributed by atoms with E-state index in [1.165, 1.54) is 0 Å². The Hall–Kier alpha value is 1.60. The zero-order valence-electron chi connectivity index (χ0n) is 1.45. The van der Waals surface area contributed by atoms with Crippen LogP contribution in [0.4, 0.5) is 0 Å². The fourth-order valence-corrected chi connectivity index (χ4v) is 0. The molecule has 0 bridgehead atoms. The second-order valence-corrected chi connectivity index (χ2v) is 0. The van der Waals surface area contributed by atoms with Crippen LogP contribution in [0.5, 0.6) is 0 Å². The molecule has 0 nitrogen and oxygen atoms in total. The van der Waals surface area contributed by atoms with Crippen LogP contribution in [0.2, 0.25) is 0 Å². The van der Waals surface area contributed by atoms with E-state index in [0.717, 1.165) is 0 Å². The molecule has 4 heteroatoms. The molecule has 0 N–H and O–H groups in total. The first-order chi connectivity index (χ1) is 1.00. The average molecular weight is 187 g/mol. The molecule has 0 aromatic carbocycles. The van der Waals surface area contributed by atoms with E-state index < -0.39 is 0 Å². The van der Waals surface area contributed by atoms with E-state index in [9.17, 15) is 0 Å². The van der Waals surface area contributed by atoms with Crippen molar-refractivity contribution >= 4 is 24.1 Å². The summed E-state index contributed by atoms with van der Waals surface area (Å²) in [6.45, 7) is 0. The summed E-state index contributed by atoms with van der Waals surface area (Å²) >= 11 is 3.15. The fraction of sp³-hybridized carbons (Fsp3) is 0. The van der Waals surface area contributed by atoms with Crippen LogP contribution < -0.4 is 0 Å². The van der Waals surface area contributed by atoms with Crippen molar-refractivity contribution in [3.8, 4) is 0 Å². The second-order valence-electron chi connectivity index (χ2n) is 0. The Morgan fingerprint density at radius 1 is 1.25 bits per heavy atom. The molecule has 0 heterocycles. The van der Waals surface area contributed by atoms with Gasteiger partial charge in [0.05, 0.1) is 0 Å². The summed E-state index contributed by atoms with van der Waals surface area (Å²) in [5.74, 6) is 0. The molecule has 0 saturated carbocycles. The molecule has 0 spiro atoms. The predicted octanol–water partition coefficient (Wildman–Crippen LogP) is 1.29. The zero-order valence-corrected chi connectivity index (χ0v) is 5.07. The molecule has 0 unspecified atom stereocenters. The molecule has 0 amide bonds. The first-order valence-electron chi connectivity index (χ1n) is 0.136. The van der Waals surface area contributed by atoms with Crippen molar-refractivity contribution in [2.45, 2.75) is 0 Å². The van der Waals surface area contributed by atoms with Crippen LogP contribution in [0.25, 0.3) is 0 Å². The Labute approximate surface area is 55.1 Å². The van der Waals surface area contributed by atoms with E-state index in [1.54, 1.807) is 0 Å². The molecular formula is CoCuS2. The summed E-state index contributed by atoms with van der Waals surface area (Å²) in [6.07, 6.45) is 0. The van der Waals surface area contributed by atoms with Crippen LogP contribution in [-0.2, 0) is 31.2 Å². The van der Waals surface area contributed by atoms with Crippen molar-refractivity contribution in [1.82, 2.24) is 0 Å². The van der Waals surface area contributed by atoms with Gasteiger partial charge < -0.3 is 0 Å². The normalized spacial score (nSPS) is 1.25. The molecule has 0 atom stereocenters. The van der Waals surface area contributed by atoms with Gasteiger partial charge in [-0.2, -0.15) is 0 Å². The van der Waals surface area contributed by atoms with E-state index in [0.29, 0.717) is 0 Å². The molecule has 0 aliphatic rings. The van der Waals surface area contributed by atoms with E-state index in [2.05, 4.69) is 24.7 Å². The summed E-state index contributed by atoms with van der Waals surface area (Å²) in [7, 11) is 3.77. The number of rotatable bonds is 0.